The van der Waals surface area contributed by atoms with Crippen LogP contribution < -0.4 is 19.7 Å². The van der Waals surface area contributed by atoms with Crippen LogP contribution in [0, 0.1) is 11.8 Å². The van der Waals surface area contributed by atoms with Crippen molar-refractivity contribution in [3.63, 3.8) is 0 Å². The molecule has 184 valence electrons. The Kier molecular flexibility index (Phi) is 6.38. The zero-order valence-corrected chi connectivity index (χ0v) is 20.3. The zero-order valence-electron chi connectivity index (χ0n) is 20.3. The van der Waals surface area contributed by atoms with Crippen LogP contribution in [0.25, 0.3) is 0 Å². The smallest absolute Gasteiger partial charge is 0.326 e. The SMILES string of the molecule is CCOC(=O)[C@]1(C)N[C@@H](c2ccc(OC)c(OC)c2)[C@H]2C(=O)N(c3cccc(C(C)=O)c3)C(=O)[C@H]21. The largest absolute Gasteiger partial charge is 0.493 e. The molecule has 2 heterocycles. The first kappa shape index (κ1) is 24.4. The molecule has 2 aliphatic heterocycles. The molecule has 2 aromatic rings. The van der Waals surface area contributed by atoms with E-state index in [-0.39, 0.29) is 12.4 Å². The number of hydrogen-bond donors (Lipinski definition) is 1. The normalized spacial score (nSPS) is 25.4. The fourth-order valence-corrected chi connectivity index (χ4v) is 5.06. The summed E-state index contributed by atoms with van der Waals surface area (Å²) >= 11 is 0. The number of carbonyl (C=O) groups excluding carboxylic acids is 4. The number of rotatable bonds is 7. The predicted molar refractivity (Wildman–Crippen MR) is 126 cm³/mol. The number of fused-ring (bicyclic) bond motifs is 1. The molecule has 9 heteroatoms. The van der Waals surface area contributed by atoms with Gasteiger partial charge in [0.05, 0.1) is 38.3 Å². The molecule has 4 atom stereocenters. The topological polar surface area (TPSA) is 111 Å². The van der Waals surface area contributed by atoms with E-state index < -0.39 is 41.2 Å². The summed E-state index contributed by atoms with van der Waals surface area (Å²) in [6, 6.07) is 10.9. The number of amides is 2. The number of esters is 1. The number of nitrogens with zero attached hydrogens (tertiary/aromatic N) is 1. The van der Waals surface area contributed by atoms with E-state index in [0.29, 0.717) is 28.3 Å². The highest BCUT2D eigenvalue weighted by molar-refractivity contribution is 6.24. The van der Waals surface area contributed by atoms with E-state index in [0.717, 1.165) is 4.90 Å². The number of nitrogens with one attached hydrogen (secondary N) is 1. The minimum atomic E-state index is -1.45. The number of hydrogen-bond acceptors (Lipinski definition) is 8. The van der Waals surface area contributed by atoms with Gasteiger partial charge in [-0.1, -0.05) is 18.2 Å². The number of carbonyl (C=O) groups is 4. The predicted octanol–water partition coefficient (Wildman–Crippen LogP) is 2.68. The summed E-state index contributed by atoms with van der Waals surface area (Å²) in [6.45, 7) is 4.81. The fourth-order valence-electron chi connectivity index (χ4n) is 5.06. The average Bonchev–Trinajstić information content (AvgIpc) is 3.32. The van der Waals surface area contributed by atoms with Crippen LogP contribution in [0.3, 0.4) is 0 Å². The molecule has 2 amide bonds. The van der Waals surface area contributed by atoms with E-state index in [1.807, 2.05) is 0 Å². The maximum atomic E-state index is 13.8. The Labute approximate surface area is 203 Å². The second-order valence-corrected chi connectivity index (χ2v) is 8.78. The summed E-state index contributed by atoms with van der Waals surface area (Å²) < 4.78 is 16.0. The Balaban J connectivity index is 1.83. The molecule has 0 unspecified atom stereocenters. The van der Waals surface area contributed by atoms with Gasteiger partial charge in [0.15, 0.2) is 17.3 Å². The molecule has 1 N–H and O–H groups in total. The Hall–Kier alpha value is -3.72. The van der Waals surface area contributed by atoms with E-state index in [2.05, 4.69) is 5.32 Å². The van der Waals surface area contributed by atoms with Gasteiger partial charge in [0, 0.05) is 11.6 Å². The number of Topliss-reactive ketones (excluding diaryl/α,β-unsaturated/α-hetero) is 1. The third-order valence-electron chi connectivity index (χ3n) is 6.76. The molecule has 2 saturated heterocycles. The third-order valence-corrected chi connectivity index (χ3v) is 6.76. The van der Waals surface area contributed by atoms with Crippen LogP contribution in [0.4, 0.5) is 5.69 Å². The summed E-state index contributed by atoms with van der Waals surface area (Å²) in [4.78, 5) is 53.6. The number of ether oxygens (including phenoxy) is 3. The monoisotopic (exact) mass is 480 g/mol. The molecule has 2 aromatic carbocycles. The minimum Gasteiger partial charge on any atom is -0.493 e. The van der Waals surface area contributed by atoms with Crippen molar-refractivity contribution in [3.8, 4) is 11.5 Å². The third kappa shape index (κ3) is 3.85. The van der Waals surface area contributed by atoms with Gasteiger partial charge in [-0.25, -0.2) is 4.90 Å². The second-order valence-electron chi connectivity index (χ2n) is 8.78. The maximum absolute atomic E-state index is 13.8. The van der Waals surface area contributed by atoms with Crippen LogP contribution in [0.15, 0.2) is 42.5 Å². The zero-order chi connectivity index (χ0) is 25.5. The van der Waals surface area contributed by atoms with Crippen LogP contribution in [0.2, 0.25) is 0 Å². The second kappa shape index (κ2) is 9.14. The first-order chi connectivity index (χ1) is 16.7. The van der Waals surface area contributed by atoms with Crippen LogP contribution in [-0.4, -0.2) is 49.9 Å². The molecule has 0 radical (unpaired) electrons. The first-order valence-electron chi connectivity index (χ1n) is 11.3. The summed E-state index contributed by atoms with van der Waals surface area (Å²) in [5, 5.41) is 3.23. The lowest BCUT2D eigenvalue weighted by Gasteiger charge is -2.29. The van der Waals surface area contributed by atoms with Gasteiger partial charge < -0.3 is 14.2 Å². The number of imide groups is 1. The van der Waals surface area contributed by atoms with Gasteiger partial charge in [-0.3, -0.25) is 24.5 Å². The highest BCUT2D eigenvalue weighted by Crippen LogP contribution is 2.50. The molecule has 4 rings (SSSR count). The Morgan fingerprint density at radius 1 is 1.03 bits per heavy atom. The van der Waals surface area contributed by atoms with Crippen molar-refractivity contribution in [2.75, 3.05) is 25.7 Å². The molecular formula is C26H28N2O7. The molecule has 0 saturated carbocycles. The fraction of sp³-hybridized carbons (Fsp3) is 0.385. The average molecular weight is 481 g/mol. The summed E-state index contributed by atoms with van der Waals surface area (Å²) in [5.41, 5.74) is -0.119. The van der Waals surface area contributed by atoms with E-state index in [9.17, 15) is 19.2 Å². The van der Waals surface area contributed by atoms with Crippen molar-refractivity contribution in [1.29, 1.82) is 0 Å². The summed E-state index contributed by atoms with van der Waals surface area (Å²) in [5.74, 6) is -2.70. The van der Waals surface area contributed by atoms with Gasteiger partial charge in [0.2, 0.25) is 11.8 Å². The Morgan fingerprint density at radius 3 is 2.37 bits per heavy atom. The number of methoxy groups -OCH3 is 2. The Morgan fingerprint density at radius 2 is 1.74 bits per heavy atom. The Bertz CT molecular complexity index is 1210. The van der Waals surface area contributed by atoms with Crippen LogP contribution >= 0.6 is 0 Å². The molecule has 2 fully saturated rings. The lowest BCUT2D eigenvalue weighted by Crippen LogP contribution is -2.54. The quantitative estimate of drug-likeness (QED) is 0.366. The van der Waals surface area contributed by atoms with Crippen LogP contribution in [0.1, 0.15) is 42.7 Å². The molecule has 0 aromatic heterocycles. The van der Waals surface area contributed by atoms with E-state index in [1.165, 1.54) is 27.2 Å². The van der Waals surface area contributed by atoms with E-state index in [1.54, 1.807) is 50.2 Å². The molecule has 0 aliphatic carbocycles. The van der Waals surface area contributed by atoms with Crippen molar-refractivity contribution in [3.05, 3.63) is 53.6 Å². The van der Waals surface area contributed by atoms with Crippen molar-refractivity contribution in [2.45, 2.75) is 32.4 Å². The lowest BCUT2D eigenvalue weighted by atomic mass is 9.80. The highest BCUT2D eigenvalue weighted by Gasteiger charge is 2.67. The van der Waals surface area contributed by atoms with Gasteiger partial charge >= 0.3 is 5.97 Å². The molecule has 9 nitrogen and oxygen atoms in total. The van der Waals surface area contributed by atoms with Crippen molar-refractivity contribution >= 4 is 29.3 Å². The van der Waals surface area contributed by atoms with Gasteiger partial charge in [-0.15, -0.1) is 0 Å². The lowest BCUT2D eigenvalue weighted by molar-refractivity contribution is -0.153. The summed E-state index contributed by atoms with van der Waals surface area (Å²) in [6.07, 6.45) is 0. The number of ketones is 1. The van der Waals surface area contributed by atoms with Crippen LogP contribution in [-0.2, 0) is 19.1 Å². The van der Waals surface area contributed by atoms with Gasteiger partial charge in [0.25, 0.3) is 0 Å². The minimum absolute atomic E-state index is 0.126. The van der Waals surface area contributed by atoms with Crippen molar-refractivity contribution < 1.29 is 33.4 Å². The number of anilines is 1. The van der Waals surface area contributed by atoms with Crippen LogP contribution in [0.5, 0.6) is 11.5 Å². The molecule has 35 heavy (non-hydrogen) atoms. The van der Waals surface area contributed by atoms with Crippen molar-refractivity contribution in [1.82, 2.24) is 5.32 Å². The van der Waals surface area contributed by atoms with E-state index in [4.69, 9.17) is 14.2 Å². The van der Waals surface area contributed by atoms with E-state index >= 15 is 0 Å². The van der Waals surface area contributed by atoms with Gasteiger partial charge in [0.1, 0.15) is 5.54 Å². The standard InChI is InChI=1S/C26H28N2O7/c1-6-35-25(32)26(3)21-20(22(27-26)16-10-11-18(33-4)19(13-16)34-5)23(30)28(24(21)31)17-9-7-8-15(12-17)14(2)29/h7-13,20-22,27H,6H2,1-5H3/t20-,21-,22-,26+/m0/s1. The molecule has 0 spiro atoms. The molecule has 2 aliphatic rings. The summed E-state index contributed by atoms with van der Waals surface area (Å²) in [7, 11) is 3.02. The highest BCUT2D eigenvalue weighted by atomic mass is 16.5. The molecular weight excluding hydrogens is 452 g/mol. The van der Waals surface area contributed by atoms with Gasteiger partial charge in [-0.2, -0.15) is 0 Å². The number of benzene rings is 2. The van der Waals surface area contributed by atoms with Crippen molar-refractivity contribution in [2.24, 2.45) is 11.8 Å². The molecule has 0 bridgehead atoms. The van der Waals surface area contributed by atoms with Gasteiger partial charge in [-0.05, 0) is 50.6 Å². The first-order valence-corrected chi connectivity index (χ1v) is 11.3. The maximum Gasteiger partial charge on any atom is 0.326 e.